The van der Waals surface area contributed by atoms with Crippen LogP contribution in [-0.2, 0) is 0 Å². The summed E-state index contributed by atoms with van der Waals surface area (Å²) in [6.07, 6.45) is -2.69. The Morgan fingerprint density at radius 1 is 1.25 bits per heavy atom. The van der Waals surface area contributed by atoms with Crippen LogP contribution in [0.2, 0.25) is 0 Å². The maximum Gasteiger partial charge on any atom is 0.319 e. The van der Waals surface area contributed by atoms with Crippen LogP contribution in [0.4, 0.5) is 17.6 Å². The lowest BCUT2D eigenvalue weighted by molar-refractivity contribution is 0.0378. The maximum atomic E-state index is 13.1. The van der Waals surface area contributed by atoms with Crippen molar-refractivity contribution in [2.45, 2.75) is 34.3 Å². The molecule has 1 aliphatic carbocycles. The van der Waals surface area contributed by atoms with Crippen molar-refractivity contribution < 1.29 is 17.6 Å². The van der Waals surface area contributed by atoms with E-state index in [1.165, 1.54) is 6.92 Å². The van der Waals surface area contributed by atoms with Gasteiger partial charge in [-0.2, -0.15) is 8.78 Å². The topological polar surface area (TPSA) is 0 Å². The number of rotatable bonds is 2. The number of halogens is 6. The summed E-state index contributed by atoms with van der Waals surface area (Å²) in [5.41, 5.74) is -3.05. The van der Waals surface area contributed by atoms with E-state index in [1.54, 1.807) is 0 Å². The minimum Gasteiger partial charge on any atom is -0.237 e. The van der Waals surface area contributed by atoms with E-state index in [2.05, 4.69) is 31.9 Å². The average molecular weight is 314 g/mol. The first kappa shape index (κ1) is 10.8. The van der Waals surface area contributed by atoms with Gasteiger partial charge in [0.2, 0.25) is 11.8 Å². The van der Waals surface area contributed by atoms with E-state index in [0.29, 0.717) is 0 Å². The third-order valence-corrected chi connectivity index (χ3v) is 4.62. The first-order chi connectivity index (χ1) is 5.26. The molecule has 0 heterocycles. The molecule has 0 aromatic heterocycles. The van der Waals surface area contributed by atoms with Gasteiger partial charge < -0.3 is 0 Å². The lowest BCUT2D eigenvalue weighted by Gasteiger charge is -2.15. The van der Waals surface area contributed by atoms with Crippen molar-refractivity contribution in [3.05, 3.63) is 0 Å². The Kier molecular flexibility index (Phi) is 2.54. The highest BCUT2D eigenvalue weighted by molar-refractivity contribution is 9.12. The zero-order valence-corrected chi connectivity index (χ0v) is 9.17. The summed E-state index contributed by atoms with van der Waals surface area (Å²) in [7, 11) is 0. The summed E-state index contributed by atoms with van der Waals surface area (Å²) in [5, 5.41) is 0. The lowest BCUT2D eigenvalue weighted by Crippen LogP contribution is -2.31. The SMILES string of the molecule is CC(Br)C(Br)C1(F)C(F)C1(F)F. The first-order valence-corrected chi connectivity index (χ1v) is 5.08. The Morgan fingerprint density at radius 2 is 1.58 bits per heavy atom. The summed E-state index contributed by atoms with van der Waals surface area (Å²) < 4.78 is 50.3. The number of alkyl halides is 6. The van der Waals surface area contributed by atoms with Gasteiger partial charge >= 0.3 is 5.92 Å². The molecule has 0 radical (unpaired) electrons. The van der Waals surface area contributed by atoms with Crippen molar-refractivity contribution >= 4 is 31.9 Å². The molecule has 1 rings (SSSR count). The molecular weight excluding hydrogens is 308 g/mol. The van der Waals surface area contributed by atoms with E-state index in [-0.39, 0.29) is 0 Å². The molecule has 0 saturated heterocycles. The van der Waals surface area contributed by atoms with Gasteiger partial charge in [-0.3, -0.25) is 0 Å². The molecule has 6 heteroatoms. The molecule has 72 valence electrons. The van der Waals surface area contributed by atoms with Crippen LogP contribution in [0, 0.1) is 0 Å². The summed E-state index contributed by atoms with van der Waals surface area (Å²) in [6, 6.07) is 0. The van der Waals surface area contributed by atoms with E-state index < -0.39 is 27.4 Å². The van der Waals surface area contributed by atoms with E-state index in [1.807, 2.05) is 0 Å². The molecule has 0 amide bonds. The van der Waals surface area contributed by atoms with Crippen LogP contribution < -0.4 is 0 Å². The van der Waals surface area contributed by atoms with E-state index in [9.17, 15) is 17.6 Å². The molecular formula is C6H6Br2F4. The van der Waals surface area contributed by atoms with Crippen LogP contribution in [-0.4, -0.2) is 27.4 Å². The number of hydrogen-bond acceptors (Lipinski definition) is 0. The largest absolute Gasteiger partial charge is 0.319 e. The van der Waals surface area contributed by atoms with E-state index in [4.69, 9.17) is 0 Å². The minimum atomic E-state index is -3.84. The van der Waals surface area contributed by atoms with Crippen molar-refractivity contribution in [2.75, 3.05) is 0 Å². The quantitative estimate of drug-likeness (QED) is 0.542. The van der Waals surface area contributed by atoms with Crippen LogP contribution in [0.1, 0.15) is 6.92 Å². The third-order valence-electron chi connectivity index (χ3n) is 1.92. The Labute approximate surface area is 84.0 Å². The third kappa shape index (κ3) is 1.14. The van der Waals surface area contributed by atoms with E-state index >= 15 is 0 Å². The second kappa shape index (κ2) is 2.83. The van der Waals surface area contributed by atoms with Gasteiger partial charge in [-0.25, -0.2) is 8.78 Å². The van der Waals surface area contributed by atoms with Crippen LogP contribution in [0.5, 0.6) is 0 Å². The summed E-state index contributed by atoms with van der Waals surface area (Å²) in [5.74, 6) is -3.84. The second-order valence-electron chi connectivity index (χ2n) is 2.83. The van der Waals surface area contributed by atoms with Gasteiger partial charge in [0.25, 0.3) is 0 Å². The molecule has 0 nitrogen and oxygen atoms in total. The molecule has 0 spiro atoms. The monoisotopic (exact) mass is 312 g/mol. The zero-order chi connectivity index (χ0) is 9.73. The van der Waals surface area contributed by atoms with Crippen molar-refractivity contribution in [2.24, 2.45) is 0 Å². The highest BCUT2D eigenvalue weighted by atomic mass is 79.9. The fourth-order valence-corrected chi connectivity index (χ4v) is 1.93. The van der Waals surface area contributed by atoms with Crippen LogP contribution in [0.3, 0.4) is 0 Å². The zero-order valence-electron chi connectivity index (χ0n) is 6.00. The summed E-state index contributed by atoms with van der Waals surface area (Å²) in [4.78, 5) is -1.76. The van der Waals surface area contributed by atoms with Gasteiger partial charge in [-0.05, 0) is 0 Å². The molecule has 1 aliphatic rings. The fourth-order valence-electron chi connectivity index (χ4n) is 1.01. The van der Waals surface area contributed by atoms with Crippen molar-refractivity contribution in [1.29, 1.82) is 0 Å². The van der Waals surface area contributed by atoms with Gasteiger partial charge in [0.05, 0.1) is 4.83 Å². The van der Waals surface area contributed by atoms with Gasteiger partial charge in [-0.15, -0.1) is 0 Å². The highest BCUT2D eigenvalue weighted by Gasteiger charge is 2.87. The molecule has 0 aromatic carbocycles. The summed E-state index contributed by atoms with van der Waals surface area (Å²) in [6.45, 7) is 1.47. The van der Waals surface area contributed by atoms with Crippen molar-refractivity contribution in [3.8, 4) is 0 Å². The molecule has 0 aromatic rings. The van der Waals surface area contributed by atoms with Crippen LogP contribution >= 0.6 is 31.9 Å². The molecule has 1 saturated carbocycles. The van der Waals surface area contributed by atoms with Crippen LogP contribution in [0.15, 0.2) is 0 Å². The molecule has 12 heavy (non-hydrogen) atoms. The average Bonchev–Trinajstić information content (AvgIpc) is 2.34. The predicted octanol–water partition coefficient (Wildman–Crippen LogP) is 3.23. The van der Waals surface area contributed by atoms with Gasteiger partial charge in [0.1, 0.15) is 0 Å². The molecule has 4 unspecified atom stereocenters. The molecule has 0 aliphatic heterocycles. The Morgan fingerprint density at radius 3 is 1.67 bits per heavy atom. The van der Waals surface area contributed by atoms with Gasteiger partial charge in [-0.1, -0.05) is 38.8 Å². The summed E-state index contributed by atoms with van der Waals surface area (Å²) >= 11 is 5.61. The van der Waals surface area contributed by atoms with Crippen LogP contribution in [0.25, 0.3) is 0 Å². The number of hydrogen-bond donors (Lipinski definition) is 0. The highest BCUT2D eigenvalue weighted by Crippen LogP contribution is 2.62. The fraction of sp³-hybridized carbons (Fsp3) is 1.00. The first-order valence-electron chi connectivity index (χ1n) is 3.25. The van der Waals surface area contributed by atoms with E-state index in [0.717, 1.165) is 0 Å². The molecule has 4 atom stereocenters. The standard InChI is InChI=1S/C6H6Br2F4/c1-2(7)3(8)5(10)4(9)6(5,11)12/h2-4H,1H3. The Balaban J connectivity index is 2.78. The lowest BCUT2D eigenvalue weighted by atomic mass is 10.2. The Bertz CT molecular complexity index is 196. The molecule has 0 bridgehead atoms. The Hall–Kier alpha value is 0.680. The van der Waals surface area contributed by atoms with Crippen molar-refractivity contribution in [1.82, 2.24) is 0 Å². The normalized spacial score (nSPS) is 43.8. The van der Waals surface area contributed by atoms with Gasteiger partial charge in [0, 0.05) is 4.83 Å². The van der Waals surface area contributed by atoms with Gasteiger partial charge in [0.15, 0.2) is 0 Å². The van der Waals surface area contributed by atoms with Crippen molar-refractivity contribution in [3.63, 3.8) is 0 Å². The molecule has 1 fully saturated rings. The predicted molar refractivity (Wildman–Crippen MR) is 44.8 cm³/mol. The molecule has 0 N–H and O–H groups in total. The maximum absolute atomic E-state index is 13.1. The minimum absolute atomic E-state index is 0.547. The second-order valence-corrected chi connectivity index (χ2v) is 5.26. The smallest absolute Gasteiger partial charge is 0.237 e.